The quantitative estimate of drug-likeness (QED) is 0.304. The fraction of sp³-hybridized carbons (Fsp3) is 0.310. The Hall–Kier alpha value is -4.42. The highest BCUT2D eigenvalue weighted by atomic mass is 19.4. The Morgan fingerprint density at radius 2 is 1.76 bits per heavy atom. The molecule has 2 aromatic rings. The van der Waals surface area contributed by atoms with Crippen molar-refractivity contribution in [2.24, 2.45) is 5.92 Å². The molecule has 2 aliphatic carbocycles. The highest BCUT2D eigenvalue weighted by Crippen LogP contribution is 2.38. The van der Waals surface area contributed by atoms with Crippen LogP contribution in [-0.2, 0) is 11.0 Å². The van der Waals surface area contributed by atoms with Crippen molar-refractivity contribution in [1.29, 1.82) is 0 Å². The second-order valence-corrected chi connectivity index (χ2v) is 10.3. The van der Waals surface area contributed by atoms with Crippen molar-refractivity contribution >= 4 is 29.0 Å². The van der Waals surface area contributed by atoms with Gasteiger partial charge in [0.05, 0.1) is 24.3 Å². The van der Waals surface area contributed by atoms with Gasteiger partial charge in [-0.1, -0.05) is 12.2 Å². The Morgan fingerprint density at radius 3 is 2.43 bits per heavy atom. The number of hydrogen-bond donors (Lipinski definition) is 3. The zero-order chi connectivity index (χ0) is 30.1. The van der Waals surface area contributed by atoms with Gasteiger partial charge in [-0.2, -0.15) is 13.2 Å². The van der Waals surface area contributed by atoms with Gasteiger partial charge in [-0.25, -0.2) is 18.0 Å². The van der Waals surface area contributed by atoms with Gasteiger partial charge in [-0.05, 0) is 62.1 Å². The van der Waals surface area contributed by atoms with Crippen molar-refractivity contribution in [2.45, 2.75) is 37.8 Å². The number of carbonyl (C=O) groups is 2. The first-order valence-electron chi connectivity index (χ1n) is 13.1. The molecule has 42 heavy (non-hydrogen) atoms. The Morgan fingerprint density at radius 1 is 1.00 bits per heavy atom. The summed E-state index contributed by atoms with van der Waals surface area (Å²) in [7, 11) is 0. The molecule has 1 saturated carbocycles. The standard InChI is InChI=1S/C29H26F6N4O3/c30-24-14-23(42-22-5-3-1-2-4-19(13-22)36-26(40)17-6-7-17)8-9-25(24)38-27(41)37-20-10-18(29(33,34)35)11-21(12-20)39-15-28(31,32)16-39/h1,3,5,8-14,17H,2,4,6-7,15-16H2,(H,36,40)(H2,37,38,41)/b3-1-,19-13+,22-5+. The van der Waals surface area contributed by atoms with E-state index in [1.807, 2.05) is 6.08 Å². The number of amides is 3. The number of hydrogen-bond acceptors (Lipinski definition) is 4. The maximum absolute atomic E-state index is 14.9. The molecule has 13 heteroatoms. The average Bonchev–Trinajstić information content (AvgIpc) is 3.72. The molecule has 3 N–H and O–H groups in total. The predicted molar refractivity (Wildman–Crippen MR) is 144 cm³/mol. The lowest BCUT2D eigenvalue weighted by Gasteiger charge is -2.40. The summed E-state index contributed by atoms with van der Waals surface area (Å²) in [6.45, 7) is -1.50. The average molecular weight is 593 g/mol. The molecular formula is C29H26F6N4O3. The van der Waals surface area contributed by atoms with Gasteiger partial charge in [0.1, 0.15) is 17.3 Å². The third kappa shape index (κ3) is 7.45. The van der Waals surface area contributed by atoms with E-state index < -0.39 is 42.6 Å². The first-order valence-corrected chi connectivity index (χ1v) is 13.1. The zero-order valence-electron chi connectivity index (χ0n) is 22.0. The van der Waals surface area contributed by atoms with Crippen LogP contribution in [0.15, 0.2) is 72.2 Å². The van der Waals surface area contributed by atoms with Crippen LogP contribution in [0.1, 0.15) is 31.2 Å². The molecule has 0 radical (unpaired) electrons. The highest BCUT2D eigenvalue weighted by molar-refractivity contribution is 6.00. The van der Waals surface area contributed by atoms with E-state index in [0.29, 0.717) is 30.4 Å². The van der Waals surface area contributed by atoms with E-state index in [1.165, 1.54) is 12.1 Å². The Bertz CT molecular complexity index is 1470. The van der Waals surface area contributed by atoms with Crippen LogP contribution in [0.2, 0.25) is 0 Å². The van der Waals surface area contributed by atoms with Crippen LogP contribution in [0, 0.1) is 11.7 Å². The number of ether oxygens (including phenoxy) is 1. The molecule has 222 valence electrons. The smallest absolute Gasteiger partial charge is 0.416 e. The van der Waals surface area contributed by atoms with Crippen LogP contribution in [0.5, 0.6) is 5.75 Å². The molecule has 3 amide bonds. The second kappa shape index (κ2) is 11.5. The molecule has 2 aromatic carbocycles. The van der Waals surface area contributed by atoms with Crippen molar-refractivity contribution < 1.29 is 40.7 Å². The number of allylic oxidation sites excluding steroid dienone is 5. The lowest BCUT2D eigenvalue weighted by molar-refractivity contribution is -0.137. The topological polar surface area (TPSA) is 82.7 Å². The molecule has 1 saturated heterocycles. The van der Waals surface area contributed by atoms with Crippen molar-refractivity contribution in [3.8, 4) is 5.75 Å². The van der Waals surface area contributed by atoms with Gasteiger partial charge in [-0.3, -0.25) is 4.79 Å². The summed E-state index contributed by atoms with van der Waals surface area (Å²) in [6, 6.07) is 5.06. The minimum absolute atomic E-state index is 0.0238. The van der Waals surface area contributed by atoms with Crippen LogP contribution in [0.4, 0.5) is 48.2 Å². The maximum atomic E-state index is 14.9. The van der Waals surface area contributed by atoms with E-state index in [-0.39, 0.29) is 34.6 Å². The summed E-state index contributed by atoms with van der Waals surface area (Å²) < 4.78 is 87.4. The number of nitrogens with zero attached hydrogens (tertiary/aromatic N) is 1. The Labute approximate surface area is 236 Å². The molecule has 0 unspecified atom stereocenters. The van der Waals surface area contributed by atoms with Gasteiger partial charge in [-0.15, -0.1) is 0 Å². The van der Waals surface area contributed by atoms with Gasteiger partial charge in [0.15, 0.2) is 0 Å². The van der Waals surface area contributed by atoms with E-state index in [1.54, 1.807) is 18.2 Å². The predicted octanol–water partition coefficient (Wildman–Crippen LogP) is 6.97. The number of carbonyl (C=O) groups excluding carboxylic acids is 2. The fourth-order valence-corrected chi connectivity index (χ4v) is 4.36. The number of alkyl halides is 5. The molecule has 7 nitrogen and oxygen atoms in total. The van der Waals surface area contributed by atoms with Crippen LogP contribution in [0.25, 0.3) is 0 Å². The Balaban J connectivity index is 1.25. The van der Waals surface area contributed by atoms with Gasteiger partial charge >= 0.3 is 12.2 Å². The number of anilines is 3. The molecular weight excluding hydrogens is 566 g/mol. The van der Waals surface area contributed by atoms with Crippen LogP contribution < -0.4 is 25.6 Å². The van der Waals surface area contributed by atoms with E-state index >= 15 is 0 Å². The molecule has 5 rings (SSSR count). The van der Waals surface area contributed by atoms with E-state index in [0.717, 1.165) is 35.9 Å². The highest BCUT2D eigenvalue weighted by Gasteiger charge is 2.44. The first kappa shape index (κ1) is 29.1. The number of rotatable bonds is 7. The largest absolute Gasteiger partial charge is 0.457 e. The zero-order valence-corrected chi connectivity index (χ0v) is 22.0. The monoisotopic (exact) mass is 592 g/mol. The van der Waals surface area contributed by atoms with Crippen molar-refractivity contribution in [1.82, 2.24) is 5.32 Å². The van der Waals surface area contributed by atoms with Crippen molar-refractivity contribution in [2.75, 3.05) is 28.6 Å². The van der Waals surface area contributed by atoms with Crippen LogP contribution in [-0.4, -0.2) is 31.0 Å². The van der Waals surface area contributed by atoms with E-state index in [9.17, 15) is 35.9 Å². The molecule has 0 bridgehead atoms. The number of nitrogens with one attached hydrogen (secondary N) is 3. The van der Waals surface area contributed by atoms with Crippen molar-refractivity contribution in [3.05, 3.63) is 83.5 Å². The molecule has 0 aromatic heterocycles. The summed E-state index contributed by atoms with van der Waals surface area (Å²) >= 11 is 0. The van der Waals surface area contributed by atoms with E-state index in [2.05, 4.69) is 16.0 Å². The lowest BCUT2D eigenvalue weighted by atomic mass is 10.1. The SMILES string of the molecule is O=C(Nc1cc(N2CC(F)(F)C2)cc(C(F)(F)F)c1)Nc1ccc(OC2=C/C=C\CC/C(NC(=O)C3CC3)=C\2)cc1F. The van der Waals surface area contributed by atoms with Gasteiger partial charge < -0.3 is 25.6 Å². The summed E-state index contributed by atoms with van der Waals surface area (Å²) in [5.41, 5.74) is -1.21. The van der Waals surface area contributed by atoms with Gasteiger partial charge in [0, 0.05) is 35.1 Å². The Kier molecular flexibility index (Phi) is 7.93. The van der Waals surface area contributed by atoms with Crippen LogP contribution >= 0.6 is 0 Å². The maximum Gasteiger partial charge on any atom is 0.416 e. The summed E-state index contributed by atoms with van der Waals surface area (Å²) in [6.07, 6.45) is 5.21. The molecule has 1 aliphatic heterocycles. The second-order valence-electron chi connectivity index (χ2n) is 10.3. The molecule has 3 aliphatic rings. The molecule has 2 fully saturated rings. The molecule has 0 spiro atoms. The summed E-state index contributed by atoms with van der Waals surface area (Å²) in [5, 5.41) is 7.32. The third-order valence-corrected chi connectivity index (χ3v) is 6.66. The lowest BCUT2D eigenvalue weighted by Crippen LogP contribution is -2.56. The minimum atomic E-state index is -4.79. The number of urea groups is 1. The summed E-state index contributed by atoms with van der Waals surface area (Å²) in [5.74, 6) is -3.49. The number of benzene rings is 2. The van der Waals surface area contributed by atoms with Crippen LogP contribution in [0.3, 0.4) is 0 Å². The minimum Gasteiger partial charge on any atom is -0.457 e. The fourth-order valence-electron chi connectivity index (χ4n) is 4.36. The molecule has 0 atom stereocenters. The normalized spacial score (nSPS) is 21.3. The molecule has 1 heterocycles. The van der Waals surface area contributed by atoms with Gasteiger partial charge in [0.25, 0.3) is 5.92 Å². The number of halogens is 6. The third-order valence-electron chi connectivity index (χ3n) is 6.66. The van der Waals surface area contributed by atoms with E-state index in [4.69, 9.17) is 4.74 Å². The first-order chi connectivity index (χ1) is 19.8. The van der Waals surface area contributed by atoms with Gasteiger partial charge in [0.2, 0.25) is 5.91 Å². The summed E-state index contributed by atoms with van der Waals surface area (Å²) in [4.78, 5) is 25.7. The van der Waals surface area contributed by atoms with Crippen molar-refractivity contribution in [3.63, 3.8) is 0 Å².